The zero-order chi connectivity index (χ0) is 19.4. The van der Waals surface area contributed by atoms with Gasteiger partial charge in [-0.3, -0.25) is 4.90 Å². The van der Waals surface area contributed by atoms with Gasteiger partial charge in [-0.2, -0.15) is 0 Å². The van der Waals surface area contributed by atoms with E-state index in [0.29, 0.717) is 30.0 Å². The third kappa shape index (κ3) is 6.37. The summed E-state index contributed by atoms with van der Waals surface area (Å²) in [7, 11) is 1.47. The maximum Gasteiger partial charge on any atom is 0.573 e. The molecular weight excluding hydrogens is 435 g/mol. The molecule has 1 fully saturated rings. The highest BCUT2D eigenvalue weighted by atomic mass is 35.5. The molecule has 1 heterocycles. The van der Waals surface area contributed by atoms with Gasteiger partial charge >= 0.3 is 6.36 Å². The van der Waals surface area contributed by atoms with Crippen LogP contribution in [-0.2, 0) is 0 Å². The molecule has 0 radical (unpaired) electrons. The van der Waals surface area contributed by atoms with Gasteiger partial charge in [-0.15, -0.1) is 38.0 Å². The molecule has 29 heavy (non-hydrogen) atoms. The Balaban J connectivity index is 0.00000210. The summed E-state index contributed by atoms with van der Waals surface area (Å²) in [6.45, 7) is 2.82. The number of halogens is 6. The van der Waals surface area contributed by atoms with E-state index in [1.54, 1.807) is 12.1 Å². The standard InChI is InChI=1S/C19H20F4N2O2.2ClH/c1-26-16-4-2-3-15(20)17(16)18(25-11-9-24-10-12-25)13-5-7-14(8-6-13)27-19(21,22)23;;/h2-8,18,24H,9-12H2,1H3;2*1H/t18-;;/m1../s1. The average molecular weight is 457 g/mol. The van der Waals surface area contributed by atoms with E-state index in [0.717, 1.165) is 13.1 Å². The maximum absolute atomic E-state index is 14.7. The van der Waals surface area contributed by atoms with E-state index >= 15 is 0 Å². The van der Waals surface area contributed by atoms with Crippen LogP contribution < -0.4 is 14.8 Å². The number of rotatable bonds is 5. The van der Waals surface area contributed by atoms with Crippen LogP contribution in [0.15, 0.2) is 42.5 Å². The van der Waals surface area contributed by atoms with Gasteiger partial charge in [-0.1, -0.05) is 18.2 Å². The van der Waals surface area contributed by atoms with E-state index in [2.05, 4.69) is 15.0 Å². The molecule has 1 saturated heterocycles. The Kier molecular flexibility index (Phi) is 9.48. The van der Waals surface area contributed by atoms with Crippen molar-refractivity contribution in [2.75, 3.05) is 33.3 Å². The highest BCUT2D eigenvalue weighted by Crippen LogP contribution is 2.37. The summed E-state index contributed by atoms with van der Waals surface area (Å²) >= 11 is 0. The monoisotopic (exact) mass is 456 g/mol. The summed E-state index contributed by atoms with van der Waals surface area (Å²) in [5.41, 5.74) is 1.03. The first-order valence-electron chi connectivity index (χ1n) is 8.52. The van der Waals surface area contributed by atoms with Crippen molar-refractivity contribution in [3.8, 4) is 11.5 Å². The van der Waals surface area contributed by atoms with Crippen molar-refractivity contribution in [3.05, 3.63) is 59.4 Å². The van der Waals surface area contributed by atoms with Gasteiger partial charge in [0.05, 0.1) is 18.7 Å². The van der Waals surface area contributed by atoms with E-state index in [9.17, 15) is 17.6 Å². The zero-order valence-corrected chi connectivity index (χ0v) is 17.2. The molecule has 0 amide bonds. The van der Waals surface area contributed by atoms with Crippen LogP contribution in [0.4, 0.5) is 17.6 Å². The molecule has 0 unspecified atom stereocenters. The van der Waals surface area contributed by atoms with Gasteiger partial charge in [0.2, 0.25) is 0 Å². The number of piperazine rings is 1. The van der Waals surface area contributed by atoms with Crippen molar-refractivity contribution in [1.82, 2.24) is 10.2 Å². The van der Waals surface area contributed by atoms with Gasteiger partial charge in [0.1, 0.15) is 17.3 Å². The molecule has 0 spiro atoms. The molecule has 0 bridgehead atoms. The second kappa shape index (κ2) is 10.9. The van der Waals surface area contributed by atoms with E-state index in [4.69, 9.17) is 4.74 Å². The first kappa shape index (κ1) is 25.3. The molecule has 0 saturated carbocycles. The molecule has 1 atom stereocenters. The Labute approximate surface area is 179 Å². The lowest BCUT2D eigenvalue weighted by Gasteiger charge is -2.36. The van der Waals surface area contributed by atoms with E-state index in [1.165, 1.54) is 37.4 Å². The SMILES string of the molecule is COc1cccc(F)c1[C@@H](c1ccc(OC(F)(F)F)cc1)N1CCNCC1.Cl.Cl. The van der Waals surface area contributed by atoms with Gasteiger partial charge in [0.25, 0.3) is 0 Å². The van der Waals surface area contributed by atoms with Crippen LogP contribution >= 0.6 is 24.8 Å². The quantitative estimate of drug-likeness (QED) is 0.668. The van der Waals surface area contributed by atoms with E-state index < -0.39 is 18.2 Å². The fourth-order valence-electron chi connectivity index (χ4n) is 3.31. The molecule has 0 aromatic heterocycles. The van der Waals surface area contributed by atoms with Crippen LogP contribution in [0, 0.1) is 5.82 Å². The van der Waals surface area contributed by atoms with Crippen molar-refractivity contribution in [3.63, 3.8) is 0 Å². The van der Waals surface area contributed by atoms with Gasteiger partial charge in [-0.25, -0.2) is 4.39 Å². The van der Waals surface area contributed by atoms with E-state index in [-0.39, 0.29) is 30.6 Å². The Morgan fingerprint density at radius 2 is 1.62 bits per heavy atom. The van der Waals surface area contributed by atoms with Gasteiger partial charge in [0.15, 0.2) is 0 Å². The van der Waals surface area contributed by atoms with Crippen molar-refractivity contribution in [1.29, 1.82) is 0 Å². The molecule has 10 heteroatoms. The second-order valence-electron chi connectivity index (χ2n) is 6.16. The van der Waals surface area contributed by atoms with Crippen molar-refractivity contribution in [2.45, 2.75) is 12.4 Å². The molecule has 2 aromatic rings. The number of methoxy groups -OCH3 is 1. The summed E-state index contributed by atoms with van der Waals surface area (Å²) in [6, 6.07) is 9.65. The molecule has 1 aliphatic rings. The van der Waals surface area contributed by atoms with Crippen LogP contribution in [0.1, 0.15) is 17.2 Å². The fourth-order valence-corrected chi connectivity index (χ4v) is 3.31. The first-order chi connectivity index (χ1) is 12.9. The highest BCUT2D eigenvalue weighted by molar-refractivity contribution is 5.85. The number of hydrogen-bond acceptors (Lipinski definition) is 4. The van der Waals surface area contributed by atoms with Crippen molar-refractivity contribution < 1.29 is 27.0 Å². The number of ether oxygens (including phenoxy) is 2. The molecule has 1 N–H and O–H groups in total. The lowest BCUT2D eigenvalue weighted by atomic mass is 9.95. The average Bonchev–Trinajstić information content (AvgIpc) is 2.64. The zero-order valence-electron chi connectivity index (χ0n) is 15.5. The molecule has 4 nitrogen and oxygen atoms in total. The number of hydrogen-bond donors (Lipinski definition) is 1. The van der Waals surface area contributed by atoms with Crippen molar-refractivity contribution >= 4 is 24.8 Å². The topological polar surface area (TPSA) is 33.7 Å². The normalized spacial score (nSPS) is 15.6. The summed E-state index contributed by atoms with van der Waals surface area (Å²) in [6.07, 6.45) is -4.76. The summed E-state index contributed by atoms with van der Waals surface area (Å²) < 4.78 is 61.2. The summed E-state index contributed by atoms with van der Waals surface area (Å²) in [5.74, 6) is -0.339. The Hall–Kier alpha value is -1.74. The van der Waals surface area contributed by atoms with Crippen LogP contribution in [0.25, 0.3) is 0 Å². The predicted octanol–water partition coefficient (Wildman–Crippen LogP) is 4.57. The van der Waals surface area contributed by atoms with Gasteiger partial charge in [0, 0.05) is 26.2 Å². The first-order valence-corrected chi connectivity index (χ1v) is 8.52. The maximum atomic E-state index is 14.7. The minimum Gasteiger partial charge on any atom is -0.496 e. The van der Waals surface area contributed by atoms with Crippen LogP contribution in [0.3, 0.4) is 0 Å². The molecule has 0 aliphatic carbocycles. The highest BCUT2D eigenvalue weighted by Gasteiger charge is 2.32. The summed E-state index contributed by atoms with van der Waals surface area (Å²) in [4.78, 5) is 2.08. The largest absolute Gasteiger partial charge is 0.573 e. The lowest BCUT2D eigenvalue weighted by Crippen LogP contribution is -2.45. The predicted molar refractivity (Wildman–Crippen MR) is 107 cm³/mol. The van der Waals surface area contributed by atoms with E-state index in [1.807, 2.05) is 0 Å². The number of alkyl halides is 3. The lowest BCUT2D eigenvalue weighted by molar-refractivity contribution is -0.274. The van der Waals surface area contributed by atoms with Crippen LogP contribution in [0.2, 0.25) is 0 Å². The van der Waals surface area contributed by atoms with Crippen LogP contribution in [0.5, 0.6) is 11.5 Å². The third-order valence-electron chi connectivity index (χ3n) is 4.45. The Bertz CT molecular complexity index is 770. The minimum absolute atomic E-state index is 0. The van der Waals surface area contributed by atoms with Crippen molar-refractivity contribution in [2.24, 2.45) is 0 Å². The Morgan fingerprint density at radius 1 is 1.00 bits per heavy atom. The number of benzene rings is 2. The smallest absolute Gasteiger partial charge is 0.496 e. The number of nitrogens with zero attached hydrogens (tertiary/aromatic N) is 1. The summed E-state index contributed by atoms with van der Waals surface area (Å²) in [5, 5.41) is 3.24. The molecule has 2 aromatic carbocycles. The third-order valence-corrected chi connectivity index (χ3v) is 4.45. The van der Waals surface area contributed by atoms with Gasteiger partial charge in [-0.05, 0) is 29.8 Å². The molecule has 1 aliphatic heterocycles. The molecule has 3 rings (SSSR count). The minimum atomic E-state index is -4.76. The fraction of sp³-hybridized carbons (Fsp3) is 0.368. The molecular formula is C19H22Cl2F4N2O2. The second-order valence-corrected chi connectivity index (χ2v) is 6.16. The Morgan fingerprint density at radius 3 is 2.17 bits per heavy atom. The molecule has 162 valence electrons. The van der Waals surface area contributed by atoms with Gasteiger partial charge < -0.3 is 14.8 Å². The number of nitrogens with one attached hydrogen (secondary N) is 1. The van der Waals surface area contributed by atoms with Crippen LogP contribution in [-0.4, -0.2) is 44.6 Å².